The minimum Gasteiger partial charge on any atom is -0.497 e. The average Bonchev–Trinajstić information content (AvgIpc) is 2.73. The zero-order valence-electron chi connectivity index (χ0n) is 16.8. The van der Waals surface area contributed by atoms with Gasteiger partial charge in [0.2, 0.25) is 0 Å². The van der Waals surface area contributed by atoms with E-state index in [0.717, 1.165) is 57.3 Å². The van der Waals surface area contributed by atoms with Crippen molar-refractivity contribution in [2.45, 2.75) is 25.8 Å². The summed E-state index contributed by atoms with van der Waals surface area (Å²) in [6.45, 7) is 3.19. The minimum atomic E-state index is 0. The van der Waals surface area contributed by atoms with Crippen LogP contribution in [0.15, 0.2) is 59.6 Å². The normalized spacial score (nSPS) is 10.9. The van der Waals surface area contributed by atoms with Crippen LogP contribution in [-0.4, -0.2) is 39.9 Å². The molecule has 0 saturated carbocycles. The van der Waals surface area contributed by atoms with Crippen LogP contribution in [0.25, 0.3) is 0 Å². The second-order valence-corrected chi connectivity index (χ2v) is 6.26. The Hall–Kier alpha value is -1.80. The third kappa shape index (κ3) is 9.94. The van der Waals surface area contributed by atoms with Gasteiger partial charge in [0.15, 0.2) is 5.96 Å². The van der Waals surface area contributed by atoms with Gasteiger partial charge in [0.25, 0.3) is 0 Å². The highest BCUT2D eigenvalue weighted by atomic mass is 127. The van der Waals surface area contributed by atoms with Gasteiger partial charge in [-0.2, -0.15) is 0 Å². The van der Waals surface area contributed by atoms with E-state index in [9.17, 15) is 0 Å². The zero-order chi connectivity index (χ0) is 19.2. The molecule has 0 heterocycles. The van der Waals surface area contributed by atoms with Gasteiger partial charge in [-0.05, 0) is 42.5 Å². The van der Waals surface area contributed by atoms with Crippen molar-refractivity contribution in [3.05, 3.63) is 65.7 Å². The lowest BCUT2D eigenvalue weighted by Crippen LogP contribution is -2.37. The first-order chi connectivity index (χ1) is 13.3. The number of ether oxygens (including phenoxy) is 2. The van der Waals surface area contributed by atoms with Crippen molar-refractivity contribution < 1.29 is 9.47 Å². The summed E-state index contributed by atoms with van der Waals surface area (Å²) >= 11 is 0. The standard InChI is InChI=1S/C22H31N3O2.HI/c1-23-22(25-18-20-10-12-21(26-2)13-11-20)24-15-6-7-16-27-17-14-19-8-4-3-5-9-19;/h3-5,8-13H,6-7,14-18H2,1-2H3,(H2,23,24,25);1H. The molecule has 0 spiro atoms. The van der Waals surface area contributed by atoms with Crippen molar-refractivity contribution in [3.63, 3.8) is 0 Å². The summed E-state index contributed by atoms with van der Waals surface area (Å²) in [6, 6.07) is 18.5. The van der Waals surface area contributed by atoms with Crippen LogP contribution in [0.4, 0.5) is 0 Å². The molecule has 2 aromatic rings. The molecule has 0 saturated heterocycles. The molecule has 6 heteroatoms. The van der Waals surface area contributed by atoms with E-state index in [4.69, 9.17) is 9.47 Å². The maximum Gasteiger partial charge on any atom is 0.191 e. The number of methoxy groups -OCH3 is 1. The van der Waals surface area contributed by atoms with E-state index < -0.39 is 0 Å². The quantitative estimate of drug-likeness (QED) is 0.213. The minimum absolute atomic E-state index is 0. The highest BCUT2D eigenvalue weighted by Gasteiger charge is 1.99. The first-order valence-electron chi connectivity index (χ1n) is 9.51. The molecule has 0 unspecified atom stereocenters. The van der Waals surface area contributed by atoms with E-state index >= 15 is 0 Å². The van der Waals surface area contributed by atoms with Gasteiger partial charge in [0, 0.05) is 26.7 Å². The molecule has 0 fully saturated rings. The van der Waals surface area contributed by atoms with Crippen molar-refractivity contribution in [1.29, 1.82) is 0 Å². The Balaban J connectivity index is 0.00000392. The van der Waals surface area contributed by atoms with Crippen molar-refractivity contribution >= 4 is 29.9 Å². The van der Waals surface area contributed by atoms with E-state index in [1.807, 2.05) is 30.3 Å². The monoisotopic (exact) mass is 497 g/mol. The molecule has 0 radical (unpaired) electrons. The fraction of sp³-hybridized carbons (Fsp3) is 0.409. The molecule has 0 atom stereocenters. The molecule has 2 aromatic carbocycles. The van der Waals surface area contributed by atoms with Gasteiger partial charge in [-0.25, -0.2) is 0 Å². The number of nitrogens with one attached hydrogen (secondary N) is 2. The number of aliphatic imine (C=N–C) groups is 1. The molecule has 5 nitrogen and oxygen atoms in total. The van der Waals surface area contributed by atoms with Gasteiger partial charge < -0.3 is 20.1 Å². The molecular formula is C22H32IN3O2. The van der Waals surface area contributed by atoms with Gasteiger partial charge in [0.1, 0.15) is 5.75 Å². The maximum atomic E-state index is 5.71. The predicted octanol–water partition coefficient (Wildman–Crippen LogP) is 4.02. The molecule has 28 heavy (non-hydrogen) atoms. The van der Waals surface area contributed by atoms with Crippen LogP contribution >= 0.6 is 24.0 Å². The third-order valence-corrected chi connectivity index (χ3v) is 4.23. The summed E-state index contributed by atoms with van der Waals surface area (Å²) in [5.41, 5.74) is 2.51. The Kier molecular flexibility index (Phi) is 13.1. The molecule has 154 valence electrons. The van der Waals surface area contributed by atoms with Crippen LogP contribution in [0.2, 0.25) is 0 Å². The lowest BCUT2D eigenvalue weighted by molar-refractivity contribution is 0.133. The van der Waals surface area contributed by atoms with Crippen LogP contribution in [-0.2, 0) is 17.7 Å². The lowest BCUT2D eigenvalue weighted by Gasteiger charge is -2.12. The summed E-state index contributed by atoms with van der Waals surface area (Å²) in [4.78, 5) is 4.26. The average molecular weight is 497 g/mol. The van der Waals surface area contributed by atoms with Crippen molar-refractivity contribution in [2.24, 2.45) is 4.99 Å². The topological polar surface area (TPSA) is 54.9 Å². The number of hydrogen-bond acceptors (Lipinski definition) is 3. The van der Waals surface area contributed by atoms with Crippen LogP contribution in [0.3, 0.4) is 0 Å². The summed E-state index contributed by atoms with van der Waals surface area (Å²) in [5.74, 6) is 1.68. The molecular weight excluding hydrogens is 465 g/mol. The third-order valence-electron chi connectivity index (χ3n) is 4.23. The Morgan fingerprint density at radius 1 is 0.893 bits per heavy atom. The van der Waals surface area contributed by atoms with Crippen LogP contribution in [0, 0.1) is 0 Å². The van der Waals surface area contributed by atoms with Crippen LogP contribution < -0.4 is 15.4 Å². The maximum absolute atomic E-state index is 5.71. The fourth-order valence-electron chi connectivity index (χ4n) is 2.62. The number of nitrogens with zero attached hydrogens (tertiary/aromatic N) is 1. The van der Waals surface area contributed by atoms with Gasteiger partial charge in [-0.15, -0.1) is 24.0 Å². The Bertz CT molecular complexity index is 663. The Morgan fingerprint density at radius 2 is 1.64 bits per heavy atom. The van der Waals surface area contributed by atoms with E-state index in [1.165, 1.54) is 11.1 Å². The molecule has 0 aliphatic rings. The molecule has 2 N–H and O–H groups in total. The van der Waals surface area contributed by atoms with E-state index in [-0.39, 0.29) is 24.0 Å². The molecule has 0 bridgehead atoms. The van der Waals surface area contributed by atoms with Crippen molar-refractivity contribution in [3.8, 4) is 5.75 Å². The zero-order valence-corrected chi connectivity index (χ0v) is 19.1. The first kappa shape index (κ1) is 24.2. The number of benzene rings is 2. The number of unbranched alkanes of at least 4 members (excludes halogenated alkanes) is 1. The number of halogens is 1. The second kappa shape index (κ2) is 15.2. The molecule has 0 aliphatic heterocycles. The smallest absolute Gasteiger partial charge is 0.191 e. The SMILES string of the molecule is CN=C(NCCCCOCCc1ccccc1)NCc1ccc(OC)cc1.I. The van der Waals surface area contributed by atoms with Crippen LogP contribution in [0.1, 0.15) is 24.0 Å². The van der Waals surface area contributed by atoms with Crippen molar-refractivity contribution in [1.82, 2.24) is 10.6 Å². The molecule has 0 aromatic heterocycles. The molecule has 0 amide bonds. The number of rotatable bonds is 11. The Labute approximate surface area is 186 Å². The van der Waals surface area contributed by atoms with Crippen LogP contribution in [0.5, 0.6) is 5.75 Å². The summed E-state index contributed by atoms with van der Waals surface area (Å²) in [7, 11) is 3.46. The lowest BCUT2D eigenvalue weighted by atomic mass is 10.2. The highest BCUT2D eigenvalue weighted by molar-refractivity contribution is 14.0. The van der Waals surface area contributed by atoms with Gasteiger partial charge in [0.05, 0.1) is 13.7 Å². The van der Waals surface area contributed by atoms with E-state index in [1.54, 1.807) is 14.2 Å². The first-order valence-corrected chi connectivity index (χ1v) is 9.51. The number of guanidine groups is 1. The molecule has 0 aliphatic carbocycles. The molecule has 2 rings (SSSR count). The van der Waals surface area contributed by atoms with Gasteiger partial charge in [-0.3, -0.25) is 4.99 Å². The highest BCUT2D eigenvalue weighted by Crippen LogP contribution is 2.10. The predicted molar refractivity (Wildman–Crippen MR) is 127 cm³/mol. The van der Waals surface area contributed by atoms with Gasteiger partial charge >= 0.3 is 0 Å². The van der Waals surface area contributed by atoms with E-state index in [2.05, 4.69) is 39.9 Å². The largest absolute Gasteiger partial charge is 0.497 e. The summed E-state index contributed by atoms with van der Waals surface area (Å²) in [6.07, 6.45) is 3.06. The van der Waals surface area contributed by atoms with E-state index in [0.29, 0.717) is 0 Å². The fourth-order valence-corrected chi connectivity index (χ4v) is 2.62. The summed E-state index contributed by atoms with van der Waals surface area (Å²) in [5, 5.41) is 6.66. The Morgan fingerprint density at radius 3 is 2.32 bits per heavy atom. The van der Waals surface area contributed by atoms with Crippen molar-refractivity contribution in [2.75, 3.05) is 33.9 Å². The summed E-state index contributed by atoms with van der Waals surface area (Å²) < 4.78 is 10.9. The number of hydrogen-bond donors (Lipinski definition) is 2. The second-order valence-electron chi connectivity index (χ2n) is 6.26. The van der Waals surface area contributed by atoms with Gasteiger partial charge in [-0.1, -0.05) is 42.5 Å².